The van der Waals surface area contributed by atoms with Gasteiger partial charge in [-0.25, -0.2) is 0 Å². The molecule has 2 aliphatic rings. The van der Waals surface area contributed by atoms with Crippen LogP contribution in [-0.4, -0.2) is 24.3 Å². The van der Waals surface area contributed by atoms with Gasteiger partial charge in [-0.05, 0) is 52.9 Å². The second-order valence-corrected chi connectivity index (χ2v) is 6.03. The van der Waals surface area contributed by atoms with Crippen LogP contribution in [0, 0.1) is 6.92 Å². The van der Waals surface area contributed by atoms with Crippen molar-refractivity contribution in [3.8, 4) is 11.5 Å². The van der Waals surface area contributed by atoms with E-state index in [0.29, 0.717) is 13.2 Å². The van der Waals surface area contributed by atoms with Crippen LogP contribution in [0.5, 0.6) is 11.5 Å². The topological polar surface area (TPSA) is 55.8 Å². The van der Waals surface area contributed by atoms with Crippen LogP contribution in [0.25, 0.3) is 0 Å². The summed E-state index contributed by atoms with van der Waals surface area (Å²) >= 11 is 3.55. The van der Waals surface area contributed by atoms with E-state index in [1.807, 2.05) is 13.0 Å². The van der Waals surface area contributed by atoms with Gasteiger partial charge >= 0.3 is 5.97 Å². The Morgan fingerprint density at radius 2 is 2.11 bits per heavy atom. The normalized spacial score (nSPS) is 19.1. The van der Waals surface area contributed by atoms with Gasteiger partial charge in [-0.3, -0.25) is 4.79 Å². The molecule has 0 spiro atoms. The highest BCUT2D eigenvalue weighted by molar-refractivity contribution is 9.10. The van der Waals surface area contributed by atoms with Crippen LogP contribution in [-0.2, 0) is 10.2 Å². The highest BCUT2D eigenvalue weighted by Gasteiger charge is 2.47. The molecule has 1 aliphatic heterocycles. The zero-order valence-corrected chi connectivity index (χ0v) is 12.2. The van der Waals surface area contributed by atoms with Crippen molar-refractivity contribution < 1.29 is 19.4 Å². The Kier molecular flexibility index (Phi) is 2.96. The maximum absolute atomic E-state index is 11.0. The number of carboxylic acid groups (broad SMARTS) is 1. The van der Waals surface area contributed by atoms with Gasteiger partial charge in [0.2, 0.25) is 0 Å². The quantitative estimate of drug-likeness (QED) is 0.927. The number of halogens is 1. The molecule has 19 heavy (non-hydrogen) atoms. The Morgan fingerprint density at radius 3 is 2.74 bits per heavy atom. The second-order valence-electron chi connectivity index (χ2n) is 5.24. The lowest BCUT2D eigenvalue weighted by molar-refractivity contribution is -0.137. The number of aliphatic carboxylic acids is 1. The molecule has 1 N–H and O–H groups in total. The third-order valence-electron chi connectivity index (χ3n) is 3.93. The number of ether oxygens (including phenoxy) is 2. The van der Waals surface area contributed by atoms with Gasteiger partial charge in [0.1, 0.15) is 13.2 Å². The zero-order chi connectivity index (χ0) is 13.6. The van der Waals surface area contributed by atoms with E-state index in [4.69, 9.17) is 14.6 Å². The number of benzene rings is 1. The Labute approximate surface area is 119 Å². The number of rotatable bonds is 3. The summed E-state index contributed by atoms with van der Waals surface area (Å²) in [5.74, 6) is 0.705. The maximum Gasteiger partial charge on any atom is 0.304 e. The number of carbonyl (C=O) groups is 1. The van der Waals surface area contributed by atoms with Gasteiger partial charge in [0.15, 0.2) is 11.5 Å². The molecule has 102 valence electrons. The molecule has 1 aromatic rings. The minimum atomic E-state index is -0.747. The first kappa shape index (κ1) is 12.8. The first-order valence-corrected chi connectivity index (χ1v) is 7.14. The summed E-state index contributed by atoms with van der Waals surface area (Å²) in [6.07, 6.45) is 2.03. The van der Waals surface area contributed by atoms with Gasteiger partial charge in [-0.15, -0.1) is 0 Å². The van der Waals surface area contributed by atoms with Crippen LogP contribution in [0.4, 0.5) is 0 Å². The van der Waals surface area contributed by atoms with E-state index in [1.165, 1.54) is 0 Å². The van der Waals surface area contributed by atoms with Crippen molar-refractivity contribution in [2.24, 2.45) is 0 Å². The molecule has 1 saturated carbocycles. The fraction of sp³-hybridized carbons (Fsp3) is 0.500. The van der Waals surface area contributed by atoms with Crippen LogP contribution in [0.15, 0.2) is 10.5 Å². The van der Waals surface area contributed by atoms with Crippen LogP contribution >= 0.6 is 15.9 Å². The van der Waals surface area contributed by atoms with Gasteiger partial charge in [-0.2, -0.15) is 0 Å². The highest BCUT2D eigenvalue weighted by atomic mass is 79.9. The molecule has 0 saturated heterocycles. The minimum Gasteiger partial charge on any atom is -0.486 e. The number of carboxylic acids is 1. The molecule has 0 bridgehead atoms. The smallest absolute Gasteiger partial charge is 0.304 e. The minimum absolute atomic E-state index is 0.180. The van der Waals surface area contributed by atoms with E-state index >= 15 is 0 Å². The van der Waals surface area contributed by atoms with Crippen molar-refractivity contribution in [2.75, 3.05) is 13.2 Å². The average Bonchev–Trinajstić information content (AvgIpc) is 3.13. The summed E-state index contributed by atoms with van der Waals surface area (Å²) in [4.78, 5) is 11.0. The maximum atomic E-state index is 11.0. The molecule has 5 heteroatoms. The fourth-order valence-corrected chi connectivity index (χ4v) is 3.29. The van der Waals surface area contributed by atoms with E-state index in [0.717, 1.165) is 39.9 Å². The molecular formula is C14H15BrO4. The predicted octanol–water partition coefficient (Wildman–Crippen LogP) is 3.04. The summed E-state index contributed by atoms with van der Waals surface area (Å²) < 4.78 is 12.1. The van der Waals surface area contributed by atoms with Crippen molar-refractivity contribution in [1.82, 2.24) is 0 Å². The fourth-order valence-electron chi connectivity index (χ4n) is 2.77. The lowest BCUT2D eigenvalue weighted by Gasteiger charge is -2.25. The molecule has 0 unspecified atom stereocenters. The number of hydrogen-bond acceptors (Lipinski definition) is 3. The predicted molar refractivity (Wildman–Crippen MR) is 73.0 cm³/mol. The van der Waals surface area contributed by atoms with Crippen molar-refractivity contribution in [3.05, 3.63) is 21.7 Å². The first-order chi connectivity index (χ1) is 9.03. The summed E-state index contributed by atoms with van der Waals surface area (Å²) in [6.45, 7) is 3.08. The van der Waals surface area contributed by atoms with Crippen LogP contribution < -0.4 is 9.47 Å². The van der Waals surface area contributed by atoms with Crippen molar-refractivity contribution in [2.45, 2.75) is 31.6 Å². The molecule has 0 amide bonds. The molecular weight excluding hydrogens is 312 g/mol. The van der Waals surface area contributed by atoms with Gasteiger partial charge < -0.3 is 14.6 Å². The molecule has 1 fully saturated rings. The van der Waals surface area contributed by atoms with Gasteiger partial charge in [-0.1, -0.05) is 0 Å². The Balaban J connectivity index is 2.07. The van der Waals surface area contributed by atoms with Crippen LogP contribution in [0.3, 0.4) is 0 Å². The molecule has 0 aromatic heterocycles. The summed E-state index contributed by atoms with van der Waals surface area (Å²) in [5.41, 5.74) is 1.92. The Hall–Kier alpha value is -1.23. The first-order valence-electron chi connectivity index (χ1n) is 6.34. The van der Waals surface area contributed by atoms with Crippen LogP contribution in [0.1, 0.15) is 30.4 Å². The lowest BCUT2D eigenvalue weighted by Crippen LogP contribution is -2.19. The molecule has 0 atom stereocenters. The highest BCUT2D eigenvalue weighted by Crippen LogP contribution is 2.55. The van der Waals surface area contributed by atoms with E-state index in [9.17, 15) is 4.79 Å². The van der Waals surface area contributed by atoms with Gasteiger partial charge in [0.05, 0.1) is 10.9 Å². The van der Waals surface area contributed by atoms with Gasteiger partial charge in [0.25, 0.3) is 0 Å². The second kappa shape index (κ2) is 4.40. The largest absolute Gasteiger partial charge is 0.486 e. The van der Waals surface area contributed by atoms with Crippen molar-refractivity contribution >= 4 is 21.9 Å². The molecule has 3 rings (SSSR count). The number of hydrogen-bond donors (Lipinski definition) is 1. The average molecular weight is 327 g/mol. The summed E-state index contributed by atoms with van der Waals surface area (Å²) in [7, 11) is 0. The molecule has 1 heterocycles. The van der Waals surface area contributed by atoms with E-state index in [2.05, 4.69) is 15.9 Å². The Bertz CT molecular complexity index is 549. The molecule has 1 aromatic carbocycles. The van der Waals surface area contributed by atoms with Crippen molar-refractivity contribution in [1.29, 1.82) is 0 Å². The third-order valence-corrected chi connectivity index (χ3v) is 4.89. The summed E-state index contributed by atoms with van der Waals surface area (Å²) in [6, 6.07) is 1.96. The third kappa shape index (κ3) is 2.10. The van der Waals surface area contributed by atoms with E-state index in [1.54, 1.807) is 0 Å². The van der Waals surface area contributed by atoms with E-state index < -0.39 is 5.97 Å². The summed E-state index contributed by atoms with van der Waals surface area (Å²) in [5, 5.41) is 9.08. The molecule has 1 aliphatic carbocycles. The zero-order valence-electron chi connectivity index (χ0n) is 10.7. The SMILES string of the molecule is Cc1c(C2(CC(=O)O)CC2)cc2c(c1Br)OCCO2. The molecule has 0 radical (unpaired) electrons. The van der Waals surface area contributed by atoms with Crippen LogP contribution in [0.2, 0.25) is 0 Å². The lowest BCUT2D eigenvalue weighted by atomic mass is 9.88. The Morgan fingerprint density at radius 1 is 1.42 bits per heavy atom. The van der Waals surface area contributed by atoms with E-state index in [-0.39, 0.29) is 11.8 Å². The number of fused-ring (bicyclic) bond motifs is 1. The van der Waals surface area contributed by atoms with Gasteiger partial charge in [0, 0.05) is 5.41 Å². The molecule has 4 nitrogen and oxygen atoms in total. The van der Waals surface area contributed by atoms with Crippen molar-refractivity contribution in [3.63, 3.8) is 0 Å². The monoisotopic (exact) mass is 326 g/mol. The standard InChI is InChI=1S/C14H15BrO4/c1-8-9(14(2-3-14)7-11(16)17)6-10-13(12(8)15)19-5-4-18-10/h6H,2-5,7H2,1H3,(H,16,17).